The predicted octanol–water partition coefficient (Wildman–Crippen LogP) is 2.45. The molecule has 0 fully saturated rings. The summed E-state index contributed by atoms with van der Waals surface area (Å²) in [4.78, 5) is 12.3. The molecule has 2 nitrogen and oxygen atoms in total. The van der Waals surface area contributed by atoms with Crippen molar-refractivity contribution in [3.8, 4) is 0 Å². The van der Waals surface area contributed by atoms with Crippen LogP contribution in [0, 0.1) is 0 Å². The molecule has 0 aromatic heterocycles. The van der Waals surface area contributed by atoms with Gasteiger partial charge >= 0.3 is 0 Å². The molecule has 0 aliphatic carbocycles. The molecule has 0 rings (SSSR count). The topological polar surface area (TPSA) is 20.3 Å². The molecule has 0 atom stereocenters. The average Bonchev–Trinajstić information content (AvgIpc) is 2.13. The summed E-state index contributed by atoms with van der Waals surface area (Å²) < 4.78 is 0. The van der Waals surface area contributed by atoms with Crippen LogP contribution < -0.4 is 0 Å². The van der Waals surface area contributed by atoms with Crippen molar-refractivity contribution >= 4 is 18.5 Å². The zero-order chi connectivity index (χ0) is 10.6. The summed E-state index contributed by atoms with van der Waals surface area (Å²) in [5.74, 6) is 0.162. The lowest BCUT2D eigenvalue weighted by Crippen LogP contribution is -2.27. The van der Waals surface area contributed by atoms with E-state index in [1.807, 2.05) is 27.7 Å². The van der Waals surface area contributed by atoms with Crippen molar-refractivity contribution < 1.29 is 4.79 Å². The largest absolute Gasteiger partial charge is 0.343 e. The van der Waals surface area contributed by atoms with E-state index in [4.69, 9.17) is 0 Å². The molecule has 0 bridgehead atoms. The Labute approximate surface area is 82.7 Å². The number of carbonyl (C=O) groups excluding carboxylic acids is 1. The summed E-state index contributed by atoms with van der Waals surface area (Å²) in [6.45, 7) is 11.2. The van der Waals surface area contributed by atoms with Gasteiger partial charge in [0.05, 0.1) is 0 Å². The van der Waals surface area contributed by atoms with E-state index in [1.54, 1.807) is 18.1 Å². The monoisotopic (exact) mass is 193 g/mol. The van der Waals surface area contributed by atoms with Crippen molar-refractivity contribution in [2.45, 2.75) is 34.6 Å². The molecule has 3 heteroatoms. The smallest absolute Gasteiger partial charge is 0.219 e. The number of hydrogen-bond donors (Lipinski definition) is 1. The Morgan fingerprint density at radius 3 is 1.42 bits per heavy atom. The van der Waals surface area contributed by atoms with Crippen LogP contribution in [0.4, 0.5) is 0 Å². The summed E-state index contributed by atoms with van der Waals surface area (Å²) in [5.41, 5.74) is 0. The summed E-state index contributed by atoms with van der Waals surface area (Å²) in [6.07, 6.45) is 1.69. The third kappa shape index (κ3) is 12.5. The van der Waals surface area contributed by atoms with E-state index in [0.717, 1.165) is 13.1 Å². The molecule has 76 valence electrons. The maximum absolute atomic E-state index is 10.5. The van der Waals surface area contributed by atoms with Gasteiger partial charge in [-0.25, -0.2) is 0 Å². The van der Waals surface area contributed by atoms with Gasteiger partial charge in [-0.15, -0.1) is 0 Å². The highest BCUT2D eigenvalue weighted by Crippen LogP contribution is 1.84. The lowest BCUT2D eigenvalue weighted by Gasteiger charge is -2.14. The number of carbonyl (C=O) groups is 1. The molecule has 0 aromatic rings. The Kier molecular flexibility index (Phi) is 25.3. The van der Waals surface area contributed by atoms with Crippen molar-refractivity contribution in [1.29, 1.82) is 0 Å². The highest BCUT2D eigenvalue weighted by molar-refractivity contribution is 7.79. The molecule has 0 aliphatic rings. The Hall–Kier alpha value is -0.180. The van der Waals surface area contributed by atoms with Crippen LogP contribution in [0.5, 0.6) is 0 Å². The summed E-state index contributed by atoms with van der Waals surface area (Å²) in [5, 5.41) is 0. The molecule has 12 heavy (non-hydrogen) atoms. The summed E-state index contributed by atoms with van der Waals surface area (Å²) in [7, 11) is 0. The standard InChI is InChI=1S/C6H13NO.C2H6.CH4S/c1-4-7(5-2)6(3)8;2*1-2/h4-5H2,1-3H3;1-2H3;2H,1H3. The summed E-state index contributed by atoms with van der Waals surface area (Å²) in [6, 6.07) is 0. The third-order valence-electron chi connectivity index (χ3n) is 1.21. The normalized spacial score (nSPS) is 6.92. The minimum atomic E-state index is 0.162. The van der Waals surface area contributed by atoms with Gasteiger partial charge in [-0.2, -0.15) is 12.6 Å². The van der Waals surface area contributed by atoms with Crippen molar-refractivity contribution in [1.82, 2.24) is 4.90 Å². The lowest BCUT2D eigenvalue weighted by molar-refractivity contribution is -0.128. The number of rotatable bonds is 2. The molecule has 0 spiro atoms. The highest BCUT2D eigenvalue weighted by atomic mass is 32.1. The number of hydrogen-bond acceptors (Lipinski definition) is 2. The molecule has 0 heterocycles. The molecule has 0 radical (unpaired) electrons. The first-order valence-electron chi connectivity index (χ1n) is 4.42. The fourth-order valence-electron chi connectivity index (χ4n) is 0.669. The van der Waals surface area contributed by atoms with E-state index in [2.05, 4.69) is 12.6 Å². The SMILES string of the molecule is CC.CCN(CC)C(C)=O.CS. The van der Waals surface area contributed by atoms with Gasteiger partial charge < -0.3 is 4.90 Å². The van der Waals surface area contributed by atoms with Crippen molar-refractivity contribution in [3.05, 3.63) is 0 Å². The first-order valence-corrected chi connectivity index (χ1v) is 5.32. The molecular weight excluding hydrogens is 170 g/mol. The second-order valence-corrected chi connectivity index (χ2v) is 1.69. The molecule has 1 amide bonds. The minimum Gasteiger partial charge on any atom is -0.343 e. The molecule has 0 saturated heterocycles. The minimum absolute atomic E-state index is 0.162. The van der Waals surface area contributed by atoms with Gasteiger partial charge in [-0.05, 0) is 20.1 Å². The molecule has 0 unspecified atom stereocenters. The van der Waals surface area contributed by atoms with Gasteiger partial charge in [0.25, 0.3) is 0 Å². The molecular formula is C9H23NOS. The predicted molar refractivity (Wildman–Crippen MR) is 59.9 cm³/mol. The van der Waals surface area contributed by atoms with Crippen LogP contribution in [-0.2, 0) is 4.79 Å². The van der Waals surface area contributed by atoms with Gasteiger partial charge in [0, 0.05) is 20.0 Å². The fraction of sp³-hybridized carbons (Fsp3) is 0.889. The number of amides is 1. The first-order chi connectivity index (χ1) is 5.72. The maximum atomic E-state index is 10.5. The first kappa shape index (κ1) is 17.8. The number of nitrogens with zero attached hydrogens (tertiary/aromatic N) is 1. The van der Waals surface area contributed by atoms with Crippen LogP contribution in [0.3, 0.4) is 0 Å². The Balaban J connectivity index is -0.000000175. The van der Waals surface area contributed by atoms with E-state index < -0.39 is 0 Å². The zero-order valence-corrected chi connectivity index (χ0v) is 10.1. The molecule has 0 saturated carbocycles. The van der Waals surface area contributed by atoms with Gasteiger partial charge in [0.1, 0.15) is 0 Å². The Morgan fingerprint density at radius 2 is 1.42 bits per heavy atom. The van der Waals surface area contributed by atoms with Crippen LogP contribution in [0.2, 0.25) is 0 Å². The highest BCUT2D eigenvalue weighted by Gasteiger charge is 1.99. The van der Waals surface area contributed by atoms with Gasteiger partial charge in [-0.3, -0.25) is 4.79 Å². The van der Waals surface area contributed by atoms with E-state index in [0.29, 0.717) is 0 Å². The molecule has 0 aliphatic heterocycles. The fourth-order valence-corrected chi connectivity index (χ4v) is 0.669. The van der Waals surface area contributed by atoms with E-state index in [-0.39, 0.29) is 5.91 Å². The lowest BCUT2D eigenvalue weighted by atomic mass is 10.5. The Bertz CT molecular complexity index is 82.6. The van der Waals surface area contributed by atoms with Crippen LogP contribution in [0.25, 0.3) is 0 Å². The van der Waals surface area contributed by atoms with Crippen LogP contribution in [0.15, 0.2) is 0 Å². The van der Waals surface area contributed by atoms with Crippen molar-refractivity contribution in [2.75, 3.05) is 19.3 Å². The summed E-state index contributed by atoms with van der Waals surface area (Å²) >= 11 is 3.53. The third-order valence-corrected chi connectivity index (χ3v) is 1.21. The van der Waals surface area contributed by atoms with Gasteiger partial charge in [0.15, 0.2) is 0 Å². The average molecular weight is 193 g/mol. The van der Waals surface area contributed by atoms with Crippen LogP contribution in [-0.4, -0.2) is 30.2 Å². The van der Waals surface area contributed by atoms with E-state index in [9.17, 15) is 4.79 Å². The molecule has 0 N–H and O–H groups in total. The van der Waals surface area contributed by atoms with Crippen LogP contribution in [0.1, 0.15) is 34.6 Å². The second kappa shape index (κ2) is 17.1. The van der Waals surface area contributed by atoms with E-state index >= 15 is 0 Å². The van der Waals surface area contributed by atoms with E-state index in [1.165, 1.54) is 0 Å². The van der Waals surface area contributed by atoms with Crippen molar-refractivity contribution in [3.63, 3.8) is 0 Å². The number of thiol groups is 1. The van der Waals surface area contributed by atoms with Gasteiger partial charge in [0.2, 0.25) is 5.91 Å². The van der Waals surface area contributed by atoms with Crippen molar-refractivity contribution in [2.24, 2.45) is 0 Å². The quantitative estimate of drug-likeness (QED) is 0.668. The van der Waals surface area contributed by atoms with Gasteiger partial charge in [-0.1, -0.05) is 13.8 Å². The second-order valence-electron chi connectivity index (χ2n) is 1.69. The van der Waals surface area contributed by atoms with Crippen LogP contribution >= 0.6 is 12.6 Å². The zero-order valence-electron chi connectivity index (χ0n) is 9.22. The Morgan fingerprint density at radius 1 is 1.17 bits per heavy atom. The molecule has 0 aromatic carbocycles. The maximum Gasteiger partial charge on any atom is 0.219 e.